The van der Waals surface area contributed by atoms with Crippen LogP contribution in [0.2, 0.25) is 0 Å². The molecule has 0 aliphatic rings. The zero-order valence-electron chi connectivity index (χ0n) is 18.1. The second-order valence-corrected chi connectivity index (χ2v) is 9.29. The third-order valence-electron chi connectivity index (χ3n) is 4.67. The van der Waals surface area contributed by atoms with Crippen LogP contribution >= 0.6 is 11.8 Å². The van der Waals surface area contributed by atoms with Gasteiger partial charge in [-0.05, 0) is 17.7 Å². The molecule has 3 aromatic rings. The molecule has 36 heavy (non-hydrogen) atoms. The second kappa shape index (κ2) is 10.9. The van der Waals surface area contributed by atoms with Crippen LogP contribution < -0.4 is 11.1 Å². The Bertz CT molecular complexity index is 1420. The van der Waals surface area contributed by atoms with E-state index in [1.54, 1.807) is 30.3 Å². The van der Waals surface area contributed by atoms with Gasteiger partial charge in [-0.1, -0.05) is 36.4 Å². The van der Waals surface area contributed by atoms with Gasteiger partial charge in [0.2, 0.25) is 16.0 Å². The number of ether oxygens (including phenoxy) is 1. The fourth-order valence-corrected chi connectivity index (χ4v) is 4.52. The topological polar surface area (TPSA) is 144 Å². The van der Waals surface area contributed by atoms with Crippen molar-refractivity contribution in [2.75, 3.05) is 11.9 Å². The molecule has 3 rings (SSSR count). The number of benzene rings is 2. The molecule has 15 heteroatoms. The highest BCUT2D eigenvalue weighted by molar-refractivity contribution is 7.89. The number of sulfonamides is 1. The predicted molar refractivity (Wildman–Crippen MR) is 124 cm³/mol. The van der Waals surface area contributed by atoms with E-state index in [4.69, 9.17) is 17.5 Å². The van der Waals surface area contributed by atoms with Gasteiger partial charge in [-0.15, -0.1) is 4.51 Å². The van der Waals surface area contributed by atoms with Crippen molar-refractivity contribution < 1.29 is 35.9 Å². The molecule has 0 fully saturated rings. The molecule has 10 nitrogen and oxygen atoms in total. The largest absolute Gasteiger partial charge is 0.491 e. The van der Waals surface area contributed by atoms with E-state index in [-0.39, 0.29) is 17.4 Å². The molecule has 1 aromatic heterocycles. The first-order chi connectivity index (χ1) is 16.9. The summed E-state index contributed by atoms with van der Waals surface area (Å²) < 4.78 is 71.9. The van der Waals surface area contributed by atoms with Gasteiger partial charge in [-0.3, -0.25) is 9.78 Å². The van der Waals surface area contributed by atoms with Crippen molar-refractivity contribution in [2.24, 2.45) is 10.2 Å². The summed E-state index contributed by atoms with van der Waals surface area (Å²) >= 11 is 5.31. The van der Waals surface area contributed by atoms with Gasteiger partial charge in [-0.25, -0.2) is 13.2 Å². The van der Waals surface area contributed by atoms with Crippen LogP contribution in [0.5, 0.6) is 0 Å². The first-order valence-electron chi connectivity index (χ1n) is 9.87. The molecule has 190 valence electrons. The van der Waals surface area contributed by atoms with Crippen LogP contribution in [0, 0.1) is 0 Å². The summed E-state index contributed by atoms with van der Waals surface area (Å²) in [6.45, 7) is -1.54. The smallest absolute Gasteiger partial charge is 0.385 e. The van der Waals surface area contributed by atoms with Crippen molar-refractivity contribution in [3.8, 4) is 0 Å². The number of nitrogens with one attached hydrogen (secondary N) is 1. The third-order valence-corrected chi connectivity index (χ3v) is 6.64. The van der Waals surface area contributed by atoms with Crippen LogP contribution in [0.15, 0.2) is 70.3 Å². The van der Waals surface area contributed by atoms with Crippen molar-refractivity contribution in [3.63, 3.8) is 0 Å². The number of guanidine groups is 1. The zero-order valence-corrected chi connectivity index (χ0v) is 19.6. The Kier molecular flexibility index (Phi) is 8.12. The van der Waals surface area contributed by atoms with Crippen molar-refractivity contribution in [1.29, 1.82) is 0 Å². The van der Waals surface area contributed by atoms with Crippen molar-refractivity contribution in [3.05, 3.63) is 66.5 Å². The van der Waals surface area contributed by atoms with Crippen molar-refractivity contribution in [2.45, 2.75) is 17.6 Å². The molecule has 0 radical (unpaired) electrons. The van der Waals surface area contributed by atoms with Gasteiger partial charge in [0.15, 0.2) is 0 Å². The molecule has 0 saturated heterocycles. The van der Waals surface area contributed by atoms with Crippen LogP contribution in [0.3, 0.4) is 0 Å². The zero-order chi connectivity index (χ0) is 26.5. The Morgan fingerprint density at radius 3 is 2.47 bits per heavy atom. The number of carbonyl (C=O) groups excluding carboxylic acids is 2. The minimum Gasteiger partial charge on any atom is -0.385 e. The van der Waals surface area contributed by atoms with E-state index in [1.165, 1.54) is 30.6 Å². The summed E-state index contributed by atoms with van der Waals surface area (Å²) in [6.07, 6.45) is -2.65. The van der Waals surface area contributed by atoms with Gasteiger partial charge in [0.05, 0.1) is 16.8 Å². The first kappa shape index (κ1) is 26.8. The Labute approximate surface area is 207 Å². The van der Waals surface area contributed by atoms with Crippen molar-refractivity contribution in [1.82, 2.24) is 9.29 Å². The van der Waals surface area contributed by atoms with Gasteiger partial charge in [-0.2, -0.15) is 17.5 Å². The number of fused-ring (bicyclic) bond motifs is 1. The maximum Gasteiger partial charge on any atom is 0.491 e. The molecule has 0 aliphatic carbocycles. The highest BCUT2D eigenvalue weighted by Gasteiger charge is 2.43. The SMILES string of the molecule is NC(=NCl)Nc1cncc2cc(S(=O)(=O)N(CC(=O)OC(=O)C(F)(F)F)Cc3ccccc3)ccc12. The Balaban J connectivity index is 1.98. The minimum atomic E-state index is -5.42. The molecular formula is C21H17ClF3N5O5S. The van der Waals surface area contributed by atoms with E-state index in [0.29, 0.717) is 26.3 Å². The van der Waals surface area contributed by atoms with Gasteiger partial charge in [0.1, 0.15) is 6.54 Å². The fraction of sp³-hybridized carbons (Fsp3) is 0.143. The first-order valence-corrected chi connectivity index (χ1v) is 11.6. The lowest BCUT2D eigenvalue weighted by Crippen LogP contribution is -2.38. The normalized spacial score (nSPS) is 12.5. The molecule has 0 spiro atoms. The summed E-state index contributed by atoms with van der Waals surface area (Å²) in [5.74, 6) is -4.58. The van der Waals surface area contributed by atoms with E-state index < -0.39 is 34.7 Å². The Morgan fingerprint density at radius 2 is 1.83 bits per heavy atom. The fourth-order valence-electron chi connectivity index (χ4n) is 3.07. The maximum absolute atomic E-state index is 13.4. The number of rotatable bonds is 7. The van der Waals surface area contributed by atoms with E-state index in [1.807, 2.05) is 0 Å². The second-order valence-electron chi connectivity index (χ2n) is 7.18. The predicted octanol–water partition coefficient (Wildman–Crippen LogP) is 2.94. The minimum absolute atomic E-state index is 0.136. The van der Waals surface area contributed by atoms with Crippen LogP contribution in [0.25, 0.3) is 10.8 Å². The third kappa shape index (κ3) is 6.47. The molecule has 3 N–H and O–H groups in total. The maximum atomic E-state index is 13.4. The average Bonchev–Trinajstić information content (AvgIpc) is 2.83. The molecule has 2 aromatic carbocycles. The van der Waals surface area contributed by atoms with Crippen molar-refractivity contribution >= 4 is 56.2 Å². The molecule has 1 heterocycles. The molecule has 0 aliphatic heterocycles. The number of anilines is 1. The quantitative estimate of drug-likeness (QED) is 0.200. The number of alkyl halides is 3. The Morgan fingerprint density at radius 1 is 1.14 bits per heavy atom. The monoisotopic (exact) mass is 543 g/mol. The number of carbonyl (C=O) groups is 2. The lowest BCUT2D eigenvalue weighted by atomic mass is 10.1. The number of aromatic nitrogens is 1. The summed E-state index contributed by atoms with van der Waals surface area (Å²) in [5.41, 5.74) is 6.35. The lowest BCUT2D eigenvalue weighted by Gasteiger charge is -2.22. The number of nitrogens with two attached hydrogens (primary N) is 1. The molecule has 0 unspecified atom stereocenters. The van der Waals surface area contributed by atoms with E-state index >= 15 is 0 Å². The number of pyridine rings is 1. The number of nitrogens with zero attached hydrogens (tertiary/aromatic N) is 3. The number of esters is 2. The summed E-state index contributed by atoms with van der Waals surface area (Å²) in [6, 6.07) is 11.9. The van der Waals surface area contributed by atoms with E-state index in [9.17, 15) is 31.2 Å². The lowest BCUT2D eigenvalue weighted by molar-refractivity contribution is -0.201. The summed E-state index contributed by atoms with van der Waals surface area (Å²) in [7, 11) is -4.48. The van der Waals surface area contributed by atoms with Gasteiger partial charge >= 0.3 is 18.1 Å². The molecule has 0 saturated carbocycles. The van der Waals surface area contributed by atoms with Gasteiger partial charge in [0, 0.05) is 35.3 Å². The molecular weight excluding hydrogens is 527 g/mol. The molecule has 0 amide bonds. The van der Waals surface area contributed by atoms with Crippen LogP contribution in [-0.4, -0.2) is 48.3 Å². The summed E-state index contributed by atoms with van der Waals surface area (Å²) in [4.78, 5) is 26.8. The average molecular weight is 544 g/mol. The van der Waals surface area contributed by atoms with E-state index in [2.05, 4.69) is 19.5 Å². The van der Waals surface area contributed by atoms with E-state index in [0.717, 1.165) is 0 Å². The van der Waals surface area contributed by atoms with Gasteiger partial charge < -0.3 is 15.8 Å². The van der Waals surface area contributed by atoms with Crippen LogP contribution in [-0.2, 0) is 30.9 Å². The molecule has 0 atom stereocenters. The number of hydrogen-bond donors (Lipinski definition) is 2. The van der Waals surface area contributed by atoms with Gasteiger partial charge in [0.25, 0.3) is 0 Å². The number of hydrogen-bond acceptors (Lipinski definition) is 7. The van der Waals surface area contributed by atoms with Crippen LogP contribution in [0.4, 0.5) is 18.9 Å². The summed E-state index contributed by atoms with van der Waals surface area (Å²) in [5, 5.41) is 3.54. The molecule has 0 bridgehead atoms. The number of halogens is 4. The van der Waals surface area contributed by atoms with Crippen LogP contribution in [0.1, 0.15) is 5.56 Å². The standard InChI is InChI=1S/C21H17ClF3N5O5S/c22-29-20(26)28-17-10-27-9-14-8-15(6-7-16(14)17)36(33,34)30(11-13-4-2-1-3-5-13)12-18(31)35-19(32)21(23,24)25/h1-10H,11-12H2,(H3,26,28,29). The Hall–Kier alpha value is -3.75. The highest BCUT2D eigenvalue weighted by Crippen LogP contribution is 2.27. The highest BCUT2D eigenvalue weighted by atomic mass is 35.5.